The van der Waals surface area contributed by atoms with Gasteiger partial charge in [0.05, 0.1) is 18.9 Å². The molecule has 1 N–H and O–H groups in total. The topological polar surface area (TPSA) is 80.2 Å². The SMILES string of the molecule is CC(C)(CN1CCOCC1)NC(=O)c1ccnc(-c2cncnc2)c1. The maximum Gasteiger partial charge on any atom is 0.251 e. The highest BCUT2D eigenvalue weighted by Crippen LogP contribution is 2.16. The van der Waals surface area contributed by atoms with Gasteiger partial charge in [-0.05, 0) is 26.0 Å². The average Bonchev–Trinajstić information content (AvgIpc) is 2.62. The molecule has 0 bridgehead atoms. The minimum absolute atomic E-state index is 0.112. The van der Waals surface area contributed by atoms with Crippen LogP contribution in [0, 0.1) is 0 Å². The van der Waals surface area contributed by atoms with Crippen LogP contribution in [-0.2, 0) is 4.74 Å². The number of hydrogen-bond acceptors (Lipinski definition) is 6. The molecule has 1 aliphatic rings. The zero-order chi connectivity index (χ0) is 17.7. The maximum atomic E-state index is 12.7. The zero-order valence-corrected chi connectivity index (χ0v) is 14.6. The summed E-state index contributed by atoms with van der Waals surface area (Å²) in [4.78, 5) is 27.3. The number of carbonyl (C=O) groups is 1. The van der Waals surface area contributed by atoms with Gasteiger partial charge >= 0.3 is 0 Å². The van der Waals surface area contributed by atoms with E-state index in [0.717, 1.165) is 38.4 Å². The Bertz CT molecular complexity index is 714. The van der Waals surface area contributed by atoms with Crippen molar-refractivity contribution in [3.8, 4) is 11.3 Å². The highest BCUT2D eigenvalue weighted by Gasteiger charge is 2.25. The Morgan fingerprint density at radius 1 is 1.28 bits per heavy atom. The van der Waals surface area contributed by atoms with Crippen molar-refractivity contribution in [2.45, 2.75) is 19.4 Å². The summed E-state index contributed by atoms with van der Waals surface area (Å²) in [5.41, 5.74) is 1.70. The first-order chi connectivity index (χ1) is 12.0. The number of nitrogens with one attached hydrogen (secondary N) is 1. The summed E-state index contributed by atoms with van der Waals surface area (Å²) < 4.78 is 5.37. The van der Waals surface area contributed by atoms with Crippen molar-refractivity contribution < 1.29 is 9.53 Å². The molecule has 0 unspecified atom stereocenters. The molecule has 25 heavy (non-hydrogen) atoms. The van der Waals surface area contributed by atoms with Crippen LogP contribution in [0.1, 0.15) is 24.2 Å². The highest BCUT2D eigenvalue weighted by molar-refractivity contribution is 5.95. The van der Waals surface area contributed by atoms with Gasteiger partial charge in [0.1, 0.15) is 6.33 Å². The number of morpholine rings is 1. The molecule has 1 aliphatic heterocycles. The fourth-order valence-electron chi connectivity index (χ4n) is 2.90. The largest absolute Gasteiger partial charge is 0.379 e. The molecule has 0 radical (unpaired) electrons. The third-order valence-electron chi connectivity index (χ3n) is 4.05. The second-order valence-electron chi connectivity index (χ2n) is 6.78. The molecule has 1 saturated heterocycles. The molecule has 0 atom stereocenters. The summed E-state index contributed by atoms with van der Waals surface area (Å²) >= 11 is 0. The Balaban J connectivity index is 1.68. The Morgan fingerprint density at radius 3 is 2.72 bits per heavy atom. The molecule has 3 heterocycles. The normalized spacial score (nSPS) is 15.8. The summed E-state index contributed by atoms with van der Waals surface area (Å²) in [5.74, 6) is -0.112. The summed E-state index contributed by atoms with van der Waals surface area (Å²) in [6.07, 6.45) is 6.46. The van der Waals surface area contributed by atoms with Crippen LogP contribution in [0.5, 0.6) is 0 Å². The van der Waals surface area contributed by atoms with E-state index in [1.165, 1.54) is 6.33 Å². The number of ether oxygens (including phenoxy) is 1. The van der Waals surface area contributed by atoms with Gasteiger partial charge < -0.3 is 10.1 Å². The van der Waals surface area contributed by atoms with Gasteiger partial charge in [-0.25, -0.2) is 9.97 Å². The average molecular weight is 341 g/mol. The molecule has 1 fully saturated rings. The van der Waals surface area contributed by atoms with Crippen LogP contribution in [0.25, 0.3) is 11.3 Å². The van der Waals surface area contributed by atoms with E-state index in [9.17, 15) is 4.79 Å². The van der Waals surface area contributed by atoms with Crippen LogP contribution < -0.4 is 5.32 Å². The van der Waals surface area contributed by atoms with Gasteiger partial charge in [-0.2, -0.15) is 0 Å². The minimum atomic E-state index is -0.340. The van der Waals surface area contributed by atoms with Gasteiger partial charge in [-0.1, -0.05) is 0 Å². The number of carbonyl (C=O) groups excluding carboxylic acids is 1. The fourth-order valence-corrected chi connectivity index (χ4v) is 2.90. The first-order valence-electron chi connectivity index (χ1n) is 8.38. The number of amides is 1. The predicted octanol–water partition coefficient (Wildman–Crippen LogP) is 1.38. The van der Waals surface area contributed by atoms with Crippen molar-refractivity contribution >= 4 is 5.91 Å². The van der Waals surface area contributed by atoms with Crippen molar-refractivity contribution in [2.24, 2.45) is 0 Å². The van der Waals surface area contributed by atoms with Gasteiger partial charge in [-0.3, -0.25) is 14.7 Å². The van der Waals surface area contributed by atoms with E-state index >= 15 is 0 Å². The molecule has 132 valence electrons. The molecule has 7 heteroatoms. The standard InChI is InChI=1S/C18H23N5O2/c1-18(2,12-23-5-7-25-8-6-23)22-17(24)14-3-4-21-16(9-14)15-10-19-13-20-11-15/h3-4,9-11,13H,5-8,12H2,1-2H3,(H,22,24). The summed E-state index contributed by atoms with van der Waals surface area (Å²) in [7, 11) is 0. The van der Waals surface area contributed by atoms with Crippen molar-refractivity contribution in [3.05, 3.63) is 42.6 Å². The Hall–Kier alpha value is -2.38. The van der Waals surface area contributed by atoms with E-state index in [0.29, 0.717) is 11.3 Å². The Kier molecular flexibility index (Phi) is 5.35. The quantitative estimate of drug-likeness (QED) is 0.885. The first-order valence-corrected chi connectivity index (χ1v) is 8.38. The maximum absolute atomic E-state index is 12.7. The monoisotopic (exact) mass is 341 g/mol. The molecule has 1 amide bonds. The second kappa shape index (κ2) is 7.67. The van der Waals surface area contributed by atoms with E-state index in [1.807, 2.05) is 13.8 Å². The van der Waals surface area contributed by atoms with Crippen LogP contribution in [0.15, 0.2) is 37.1 Å². The molecule has 3 rings (SSSR count). The van der Waals surface area contributed by atoms with Gasteiger partial charge in [0, 0.05) is 54.9 Å². The molecule has 0 saturated carbocycles. The molecule has 0 spiro atoms. The second-order valence-corrected chi connectivity index (χ2v) is 6.78. The van der Waals surface area contributed by atoms with Gasteiger partial charge in [0.2, 0.25) is 0 Å². The summed E-state index contributed by atoms with van der Waals surface area (Å²) in [5, 5.41) is 3.12. The lowest BCUT2D eigenvalue weighted by molar-refractivity contribution is 0.0269. The van der Waals surface area contributed by atoms with Crippen LogP contribution in [0.2, 0.25) is 0 Å². The number of pyridine rings is 1. The van der Waals surface area contributed by atoms with Crippen molar-refractivity contribution in [2.75, 3.05) is 32.8 Å². The van der Waals surface area contributed by atoms with Crippen molar-refractivity contribution in [1.82, 2.24) is 25.2 Å². The molecular weight excluding hydrogens is 318 g/mol. The van der Waals surface area contributed by atoms with E-state index < -0.39 is 0 Å². The lowest BCUT2D eigenvalue weighted by Crippen LogP contribution is -2.53. The number of rotatable bonds is 5. The van der Waals surface area contributed by atoms with Gasteiger partial charge in [-0.15, -0.1) is 0 Å². The minimum Gasteiger partial charge on any atom is -0.379 e. The molecular formula is C18H23N5O2. The van der Waals surface area contributed by atoms with E-state index in [2.05, 4.69) is 25.2 Å². The first kappa shape index (κ1) is 17.4. The smallest absolute Gasteiger partial charge is 0.251 e. The summed E-state index contributed by atoms with van der Waals surface area (Å²) in [6, 6.07) is 3.48. The van der Waals surface area contributed by atoms with E-state index in [4.69, 9.17) is 4.74 Å². The molecule has 7 nitrogen and oxygen atoms in total. The highest BCUT2D eigenvalue weighted by atomic mass is 16.5. The van der Waals surface area contributed by atoms with Crippen LogP contribution in [0.4, 0.5) is 0 Å². The molecule has 0 aromatic carbocycles. The van der Waals surface area contributed by atoms with Crippen LogP contribution in [-0.4, -0.2) is 64.1 Å². The molecule has 2 aromatic rings. The number of aromatic nitrogens is 3. The fraction of sp³-hybridized carbons (Fsp3) is 0.444. The van der Waals surface area contributed by atoms with Gasteiger partial charge in [0.15, 0.2) is 0 Å². The zero-order valence-electron chi connectivity index (χ0n) is 14.6. The lowest BCUT2D eigenvalue weighted by Gasteiger charge is -2.35. The predicted molar refractivity (Wildman–Crippen MR) is 94.1 cm³/mol. The van der Waals surface area contributed by atoms with E-state index in [1.54, 1.807) is 30.7 Å². The van der Waals surface area contributed by atoms with Gasteiger partial charge in [0.25, 0.3) is 5.91 Å². The van der Waals surface area contributed by atoms with E-state index in [-0.39, 0.29) is 11.4 Å². The third-order valence-corrected chi connectivity index (χ3v) is 4.05. The number of nitrogens with zero attached hydrogens (tertiary/aromatic N) is 4. The van der Waals surface area contributed by atoms with Crippen LogP contribution in [0.3, 0.4) is 0 Å². The number of hydrogen-bond donors (Lipinski definition) is 1. The molecule has 0 aliphatic carbocycles. The van der Waals surface area contributed by atoms with Crippen molar-refractivity contribution in [3.63, 3.8) is 0 Å². The van der Waals surface area contributed by atoms with Crippen molar-refractivity contribution in [1.29, 1.82) is 0 Å². The third kappa shape index (κ3) is 4.80. The molecule has 2 aromatic heterocycles. The Morgan fingerprint density at radius 2 is 2.00 bits per heavy atom. The Labute approximate surface area is 147 Å². The lowest BCUT2D eigenvalue weighted by atomic mass is 10.0. The summed E-state index contributed by atoms with van der Waals surface area (Å²) in [6.45, 7) is 8.14. The van der Waals surface area contributed by atoms with Crippen LogP contribution >= 0.6 is 0 Å².